The lowest BCUT2D eigenvalue weighted by Crippen LogP contribution is -2.18. The summed E-state index contributed by atoms with van der Waals surface area (Å²) in [6.45, 7) is 1.04. The van der Waals surface area contributed by atoms with Crippen LogP contribution >= 0.6 is 0 Å². The molecular weight excluding hydrogens is 243 g/mol. The second-order valence-electron chi connectivity index (χ2n) is 4.12. The molecule has 18 heavy (non-hydrogen) atoms. The first-order chi connectivity index (χ1) is 8.55. The van der Waals surface area contributed by atoms with Crippen molar-refractivity contribution >= 4 is 0 Å². The van der Waals surface area contributed by atoms with Gasteiger partial charge in [0.05, 0.1) is 5.56 Å². The number of rotatable bonds is 7. The first-order valence-corrected chi connectivity index (χ1v) is 6.02. The Balaban J connectivity index is 2.43. The van der Waals surface area contributed by atoms with E-state index in [0.29, 0.717) is 6.54 Å². The van der Waals surface area contributed by atoms with Crippen LogP contribution in [0.3, 0.4) is 0 Å². The molecule has 0 saturated carbocycles. The molecule has 102 valence electrons. The average molecular weight is 261 g/mol. The van der Waals surface area contributed by atoms with E-state index >= 15 is 0 Å². The molecule has 0 bridgehead atoms. The monoisotopic (exact) mass is 261 g/mol. The standard InChI is InChI=1S/C13H18F3NO/c14-13(15,16)12-7-3-2-6-11(12)10-17-8-4-1-5-9-18/h2-3,6-7,17-18H,1,4-5,8-10H2. The van der Waals surface area contributed by atoms with Crippen molar-refractivity contribution in [3.8, 4) is 0 Å². The van der Waals surface area contributed by atoms with Gasteiger partial charge in [0.25, 0.3) is 0 Å². The fourth-order valence-electron chi connectivity index (χ4n) is 1.71. The molecule has 0 unspecified atom stereocenters. The van der Waals surface area contributed by atoms with Crippen molar-refractivity contribution in [3.63, 3.8) is 0 Å². The van der Waals surface area contributed by atoms with Crippen LogP contribution in [0.25, 0.3) is 0 Å². The summed E-state index contributed by atoms with van der Waals surface area (Å²) >= 11 is 0. The van der Waals surface area contributed by atoms with Crippen LogP contribution < -0.4 is 5.32 Å². The Hall–Kier alpha value is -1.07. The van der Waals surface area contributed by atoms with Crippen molar-refractivity contribution in [3.05, 3.63) is 35.4 Å². The molecule has 1 rings (SSSR count). The summed E-state index contributed by atoms with van der Waals surface area (Å²) in [4.78, 5) is 0. The van der Waals surface area contributed by atoms with Crippen LogP contribution in [0, 0.1) is 0 Å². The van der Waals surface area contributed by atoms with Gasteiger partial charge < -0.3 is 10.4 Å². The summed E-state index contributed by atoms with van der Waals surface area (Å²) in [6.07, 6.45) is -1.82. The Bertz CT molecular complexity index is 352. The molecule has 0 heterocycles. The third kappa shape index (κ3) is 5.06. The van der Waals surface area contributed by atoms with Crippen LogP contribution in [0.5, 0.6) is 0 Å². The molecule has 0 fully saturated rings. The van der Waals surface area contributed by atoms with Gasteiger partial charge in [-0.05, 0) is 37.4 Å². The highest BCUT2D eigenvalue weighted by atomic mass is 19.4. The van der Waals surface area contributed by atoms with Gasteiger partial charge in [-0.15, -0.1) is 0 Å². The maximum absolute atomic E-state index is 12.7. The van der Waals surface area contributed by atoms with Crippen LogP contribution in [-0.4, -0.2) is 18.3 Å². The maximum atomic E-state index is 12.7. The molecule has 2 N–H and O–H groups in total. The SMILES string of the molecule is OCCCCCNCc1ccccc1C(F)(F)F. The van der Waals surface area contributed by atoms with E-state index in [-0.39, 0.29) is 18.7 Å². The highest BCUT2D eigenvalue weighted by Gasteiger charge is 2.32. The molecule has 5 heteroatoms. The number of alkyl halides is 3. The van der Waals surface area contributed by atoms with Gasteiger partial charge in [0.2, 0.25) is 0 Å². The zero-order valence-corrected chi connectivity index (χ0v) is 10.1. The fraction of sp³-hybridized carbons (Fsp3) is 0.538. The van der Waals surface area contributed by atoms with Crippen molar-refractivity contribution in [1.29, 1.82) is 0 Å². The van der Waals surface area contributed by atoms with Crippen molar-refractivity contribution in [1.82, 2.24) is 5.32 Å². The van der Waals surface area contributed by atoms with E-state index in [1.165, 1.54) is 12.1 Å². The highest BCUT2D eigenvalue weighted by Crippen LogP contribution is 2.31. The summed E-state index contributed by atoms with van der Waals surface area (Å²) in [5, 5.41) is 11.6. The second kappa shape index (κ2) is 7.38. The van der Waals surface area contributed by atoms with E-state index in [1.807, 2.05) is 0 Å². The molecule has 0 spiro atoms. The molecule has 1 aromatic carbocycles. The number of hydrogen-bond donors (Lipinski definition) is 2. The van der Waals surface area contributed by atoms with E-state index in [1.54, 1.807) is 6.07 Å². The molecule has 0 radical (unpaired) electrons. The minimum Gasteiger partial charge on any atom is -0.396 e. The second-order valence-corrected chi connectivity index (χ2v) is 4.12. The largest absolute Gasteiger partial charge is 0.416 e. The quantitative estimate of drug-likeness (QED) is 0.740. The predicted octanol–water partition coefficient (Wildman–Crippen LogP) is 2.96. The third-order valence-electron chi connectivity index (χ3n) is 2.65. The number of halogens is 3. The fourth-order valence-corrected chi connectivity index (χ4v) is 1.71. The zero-order chi connectivity index (χ0) is 13.4. The number of benzene rings is 1. The first-order valence-electron chi connectivity index (χ1n) is 6.02. The van der Waals surface area contributed by atoms with Crippen LogP contribution in [0.15, 0.2) is 24.3 Å². The lowest BCUT2D eigenvalue weighted by molar-refractivity contribution is -0.138. The zero-order valence-electron chi connectivity index (χ0n) is 10.1. The molecule has 0 amide bonds. The van der Waals surface area contributed by atoms with Gasteiger partial charge >= 0.3 is 6.18 Å². The average Bonchev–Trinajstić information content (AvgIpc) is 2.33. The van der Waals surface area contributed by atoms with Crippen LogP contribution in [-0.2, 0) is 12.7 Å². The van der Waals surface area contributed by atoms with Gasteiger partial charge in [-0.1, -0.05) is 18.2 Å². The number of aliphatic hydroxyl groups excluding tert-OH is 1. The van der Waals surface area contributed by atoms with Crippen LogP contribution in [0.4, 0.5) is 13.2 Å². The normalized spacial score (nSPS) is 11.8. The van der Waals surface area contributed by atoms with E-state index < -0.39 is 11.7 Å². The van der Waals surface area contributed by atoms with E-state index in [9.17, 15) is 13.2 Å². The van der Waals surface area contributed by atoms with Gasteiger partial charge in [0.1, 0.15) is 0 Å². The Morgan fingerprint density at radius 1 is 1.06 bits per heavy atom. The Morgan fingerprint density at radius 3 is 2.44 bits per heavy atom. The molecule has 0 aliphatic heterocycles. The number of nitrogens with one attached hydrogen (secondary N) is 1. The van der Waals surface area contributed by atoms with Crippen molar-refractivity contribution in [2.24, 2.45) is 0 Å². The highest BCUT2D eigenvalue weighted by molar-refractivity contribution is 5.29. The lowest BCUT2D eigenvalue weighted by atomic mass is 10.1. The summed E-state index contributed by atoms with van der Waals surface area (Å²) in [6, 6.07) is 5.60. The molecule has 0 atom stereocenters. The third-order valence-corrected chi connectivity index (χ3v) is 2.65. The smallest absolute Gasteiger partial charge is 0.396 e. The minimum absolute atomic E-state index is 0.164. The van der Waals surface area contributed by atoms with Gasteiger partial charge in [0, 0.05) is 13.2 Å². The first kappa shape index (κ1) is 15.0. The molecule has 0 aliphatic rings. The summed E-state index contributed by atoms with van der Waals surface area (Å²) in [5.74, 6) is 0. The van der Waals surface area contributed by atoms with Crippen molar-refractivity contribution in [2.75, 3.05) is 13.2 Å². The molecule has 0 aromatic heterocycles. The molecule has 0 saturated heterocycles. The van der Waals surface area contributed by atoms with E-state index in [4.69, 9.17) is 5.11 Å². The number of hydrogen-bond acceptors (Lipinski definition) is 2. The van der Waals surface area contributed by atoms with Crippen molar-refractivity contribution in [2.45, 2.75) is 32.0 Å². The van der Waals surface area contributed by atoms with Gasteiger partial charge in [-0.3, -0.25) is 0 Å². The summed E-state index contributed by atoms with van der Waals surface area (Å²) < 4.78 is 38.0. The van der Waals surface area contributed by atoms with Crippen LogP contribution in [0.1, 0.15) is 30.4 Å². The Morgan fingerprint density at radius 2 is 1.78 bits per heavy atom. The minimum atomic E-state index is -4.30. The topological polar surface area (TPSA) is 32.3 Å². The van der Waals surface area contributed by atoms with Crippen LogP contribution in [0.2, 0.25) is 0 Å². The summed E-state index contributed by atoms with van der Waals surface area (Å²) in [5.41, 5.74) is -0.306. The number of aliphatic hydroxyl groups is 1. The lowest BCUT2D eigenvalue weighted by Gasteiger charge is -2.13. The van der Waals surface area contributed by atoms with Gasteiger partial charge in [-0.2, -0.15) is 13.2 Å². The van der Waals surface area contributed by atoms with Gasteiger partial charge in [-0.25, -0.2) is 0 Å². The van der Waals surface area contributed by atoms with E-state index in [0.717, 1.165) is 25.3 Å². The van der Waals surface area contributed by atoms with Gasteiger partial charge in [0.15, 0.2) is 0 Å². The Labute approximate surface area is 105 Å². The Kier molecular flexibility index (Phi) is 6.15. The maximum Gasteiger partial charge on any atom is 0.416 e. The number of unbranched alkanes of at least 4 members (excludes halogenated alkanes) is 2. The molecular formula is C13H18F3NO. The molecule has 1 aromatic rings. The summed E-state index contributed by atoms with van der Waals surface area (Å²) in [7, 11) is 0. The molecule has 0 aliphatic carbocycles. The molecule has 2 nitrogen and oxygen atoms in total. The predicted molar refractivity (Wildman–Crippen MR) is 64.1 cm³/mol. The van der Waals surface area contributed by atoms with E-state index in [2.05, 4.69) is 5.32 Å². The van der Waals surface area contributed by atoms with Crippen molar-refractivity contribution < 1.29 is 18.3 Å².